The first kappa shape index (κ1) is 21.5. The zero-order chi connectivity index (χ0) is 20.0. The predicted molar refractivity (Wildman–Crippen MR) is 104 cm³/mol. The number of hydrogen-bond acceptors (Lipinski definition) is 5. The highest BCUT2D eigenvalue weighted by atomic mass is 32.2. The van der Waals surface area contributed by atoms with Gasteiger partial charge in [-0.3, -0.25) is 4.79 Å². The molecule has 1 aliphatic heterocycles. The molecule has 1 N–H and O–H groups in total. The standard InChI is InChI=1S/C19H30N2O5S/c1-5-11-26-17-9-8-15(12-18(17)25-3)14(2)20-19(22)16-7-6-10-21(13-16)27(4,23)24/h8-9,12,14,16H,5-7,10-11,13H2,1-4H3,(H,20,22). The van der Waals surface area contributed by atoms with Gasteiger partial charge in [0.1, 0.15) is 0 Å². The second-order valence-corrected chi connectivity index (χ2v) is 8.93. The second-order valence-electron chi connectivity index (χ2n) is 6.95. The molecule has 1 saturated heterocycles. The number of carbonyl (C=O) groups is 1. The average molecular weight is 399 g/mol. The molecule has 152 valence electrons. The number of nitrogens with zero attached hydrogens (tertiary/aromatic N) is 1. The molecule has 27 heavy (non-hydrogen) atoms. The van der Waals surface area contributed by atoms with Gasteiger partial charge in [0.25, 0.3) is 0 Å². The van der Waals surface area contributed by atoms with Crippen LogP contribution in [0.25, 0.3) is 0 Å². The summed E-state index contributed by atoms with van der Waals surface area (Å²) in [6, 6.07) is 5.39. The van der Waals surface area contributed by atoms with E-state index in [1.165, 1.54) is 10.6 Å². The van der Waals surface area contributed by atoms with Crippen molar-refractivity contribution in [2.45, 2.75) is 39.2 Å². The molecule has 2 rings (SSSR count). The molecule has 0 aromatic heterocycles. The van der Waals surface area contributed by atoms with Crippen LogP contribution in [0.4, 0.5) is 0 Å². The third-order valence-electron chi connectivity index (χ3n) is 4.73. The number of piperidine rings is 1. The molecule has 1 fully saturated rings. The van der Waals surface area contributed by atoms with Gasteiger partial charge in [-0.2, -0.15) is 0 Å². The fourth-order valence-corrected chi connectivity index (χ4v) is 4.07. The number of ether oxygens (including phenoxy) is 2. The Hall–Kier alpha value is -1.80. The Morgan fingerprint density at radius 2 is 2.11 bits per heavy atom. The first-order valence-corrected chi connectivity index (χ1v) is 11.2. The SMILES string of the molecule is CCCOc1ccc(C(C)NC(=O)C2CCCN(S(C)(=O)=O)C2)cc1OC. The number of benzene rings is 1. The van der Waals surface area contributed by atoms with Crippen LogP contribution in [-0.4, -0.2) is 51.7 Å². The van der Waals surface area contributed by atoms with Crippen molar-refractivity contribution in [3.8, 4) is 11.5 Å². The number of hydrogen-bond donors (Lipinski definition) is 1. The molecule has 1 heterocycles. The van der Waals surface area contributed by atoms with Gasteiger partial charge in [0.05, 0.1) is 31.9 Å². The molecule has 0 saturated carbocycles. The molecule has 1 aromatic carbocycles. The van der Waals surface area contributed by atoms with E-state index >= 15 is 0 Å². The van der Waals surface area contributed by atoms with Crippen molar-refractivity contribution < 1.29 is 22.7 Å². The van der Waals surface area contributed by atoms with Gasteiger partial charge in [0.15, 0.2) is 11.5 Å². The van der Waals surface area contributed by atoms with Crippen LogP contribution >= 0.6 is 0 Å². The van der Waals surface area contributed by atoms with Gasteiger partial charge >= 0.3 is 0 Å². The molecule has 0 radical (unpaired) electrons. The number of methoxy groups -OCH3 is 1. The molecule has 0 spiro atoms. The summed E-state index contributed by atoms with van der Waals surface area (Å²) in [5.41, 5.74) is 0.903. The van der Waals surface area contributed by atoms with Crippen LogP contribution in [-0.2, 0) is 14.8 Å². The van der Waals surface area contributed by atoms with E-state index in [1.54, 1.807) is 7.11 Å². The smallest absolute Gasteiger partial charge is 0.224 e. The lowest BCUT2D eigenvalue weighted by Gasteiger charge is -2.31. The highest BCUT2D eigenvalue weighted by Crippen LogP contribution is 2.30. The molecular formula is C19H30N2O5S. The number of sulfonamides is 1. The Kier molecular flexibility index (Phi) is 7.49. The largest absolute Gasteiger partial charge is 0.493 e. The maximum absolute atomic E-state index is 12.6. The number of amides is 1. The Labute approximate surface area is 162 Å². The minimum atomic E-state index is -3.27. The molecule has 2 atom stereocenters. The monoisotopic (exact) mass is 398 g/mol. The fraction of sp³-hybridized carbons (Fsp3) is 0.632. The lowest BCUT2D eigenvalue weighted by molar-refractivity contribution is -0.126. The molecule has 0 bridgehead atoms. The van der Waals surface area contributed by atoms with Crippen molar-refractivity contribution in [1.82, 2.24) is 9.62 Å². The normalized spacial score (nSPS) is 19.3. The molecule has 1 aromatic rings. The van der Waals surface area contributed by atoms with Gasteiger partial charge in [0.2, 0.25) is 15.9 Å². The van der Waals surface area contributed by atoms with Crippen LogP contribution in [0.15, 0.2) is 18.2 Å². The first-order valence-electron chi connectivity index (χ1n) is 9.32. The Bertz CT molecular complexity index is 750. The van der Waals surface area contributed by atoms with Crippen molar-refractivity contribution in [3.05, 3.63) is 23.8 Å². The second kappa shape index (κ2) is 9.41. The quantitative estimate of drug-likeness (QED) is 0.726. The van der Waals surface area contributed by atoms with Gasteiger partial charge in [-0.15, -0.1) is 0 Å². The van der Waals surface area contributed by atoms with Crippen molar-refractivity contribution >= 4 is 15.9 Å². The van der Waals surface area contributed by atoms with E-state index in [4.69, 9.17) is 9.47 Å². The summed E-state index contributed by atoms with van der Waals surface area (Å²) in [6.07, 6.45) is 3.47. The third kappa shape index (κ3) is 5.84. The van der Waals surface area contributed by atoms with E-state index in [0.29, 0.717) is 37.5 Å². The van der Waals surface area contributed by atoms with Crippen LogP contribution in [0.1, 0.15) is 44.7 Å². The average Bonchev–Trinajstić information content (AvgIpc) is 2.65. The van der Waals surface area contributed by atoms with Crippen LogP contribution < -0.4 is 14.8 Å². The predicted octanol–water partition coefficient (Wildman–Crippen LogP) is 2.33. The first-order chi connectivity index (χ1) is 12.8. The van der Waals surface area contributed by atoms with E-state index in [2.05, 4.69) is 5.32 Å². The van der Waals surface area contributed by atoms with Gasteiger partial charge < -0.3 is 14.8 Å². The maximum Gasteiger partial charge on any atom is 0.224 e. The highest BCUT2D eigenvalue weighted by molar-refractivity contribution is 7.88. The molecule has 2 unspecified atom stereocenters. The van der Waals surface area contributed by atoms with Crippen LogP contribution in [0.3, 0.4) is 0 Å². The lowest BCUT2D eigenvalue weighted by Crippen LogP contribution is -2.45. The van der Waals surface area contributed by atoms with Gasteiger partial charge in [-0.05, 0) is 43.9 Å². The van der Waals surface area contributed by atoms with E-state index in [0.717, 1.165) is 12.0 Å². The summed E-state index contributed by atoms with van der Waals surface area (Å²) in [5, 5.41) is 3.00. The Morgan fingerprint density at radius 3 is 2.74 bits per heavy atom. The van der Waals surface area contributed by atoms with E-state index in [-0.39, 0.29) is 24.4 Å². The molecule has 1 aliphatic rings. The number of nitrogens with one attached hydrogen (secondary N) is 1. The minimum Gasteiger partial charge on any atom is -0.493 e. The van der Waals surface area contributed by atoms with Gasteiger partial charge in [-0.25, -0.2) is 12.7 Å². The third-order valence-corrected chi connectivity index (χ3v) is 6.00. The van der Waals surface area contributed by atoms with Gasteiger partial charge in [0, 0.05) is 13.1 Å². The van der Waals surface area contributed by atoms with E-state index < -0.39 is 10.0 Å². The summed E-state index contributed by atoms with van der Waals surface area (Å²) in [7, 11) is -1.69. The number of rotatable bonds is 8. The summed E-state index contributed by atoms with van der Waals surface area (Å²) in [5.74, 6) is 0.853. The maximum atomic E-state index is 12.6. The number of carbonyl (C=O) groups excluding carboxylic acids is 1. The van der Waals surface area contributed by atoms with Crippen molar-refractivity contribution in [2.75, 3.05) is 33.1 Å². The molecular weight excluding hydrogens is 368 g/mol. The minimum absolute atomic E-state index is 0.124. The van der Waals surface area contributed by atoms with E-state index in [9.17, 15) is 13.2 Å². The Morgan fingerprint density at radius 1 is 1.37 bits per heavy atom. The van der Waals surface area contributed by atoms with Crippen molar-refractivity contribution in [2.24, 2.45) is 5.92 Å². The summed E-state index contributed by atoms with van der Waals surface area (Å²) >= 11 is 0. The summed E-state index contributed by atoms with van der Waals surface area (Å²) < 4.78 is 35.9. The van der Waals surface area contributed by atoms with E-state index in [1.807, 2.05) is 32.0 Å². The molecule has 0 aliphatic carbocycles. The van der Waals surface area contributed by atoms with Gasteiger partial charge in [-0.1, -0.05) is 13.0 Å². The summed E-state index contributed by atoms with van der Waals surface area (Å²) in [6.45, 7) is 5.27. The topological polar surface area (TPSA) is 84.9 Å². The molecule has 1 amide bonds. The molecule has 7 nitrogen and oxygen atoms in total. The summed E-state index contributed by atoms with van der Waals surface area (Å²) in [4.78, 5) is 12.6. The fourth-order valence-electron chi connectivity index (χ4n) is 3.16. The van der Waals surface area contributed by atoms with Crippen LogP contribution in [0, 0.1) is 5.92 Å². The van der Waals surface area contributed by atoms with Crippen LogP contribution in [0.5, 0.6) is 11.5 Å². The van der Waals surface area contributed by atoms with Crippen molar-refractivity contribution in [3.63, 3.8) is 0 Å². The lowest BCUT2D eigenvalue weighted by atomic mass is 9.98. The highest BCUT2D eigenvalue weighted by Gasteiger charge is 2.30. The van der Waals surface area contributed by atoms with Crippen molar-refractivity contribution in [1.29, 1.82) is 0 Å². The molecule has 8 heteroatoms. The zero-order valence-corrected chi connectivity index (χ0v) is 17.3. The van der Waals surface area contributed by atoms with Crippen LogP contribution in [0.2, 0.25) is 0 Å². The Balaban J connectivity index is 2.03. The zero-order valence-electron chi connectivity index (χ0n) is 16.5.